The summed E-state index contributed by atoms with van der Waals surface area (Å²) >= 11 is 0. The minimum Gasteiger partial charge on any atom is -0.478 e. The van der Waals surface area contributed by atoms with Gasteiger partial charge in [0.2, 0.25) is 0 Å². The van der Waals surface area contributed by atoms with Crippen LogP contribution < -0.4 is 5.32 Å². The van der Waals surface area contributed by atoms with E-state index in [1.165, 1.54) is 5.56 Å². The van der Waals surface area contributed by atoms with Crippen molar-refractivity contribution in [3.05, 3.63) is 59.7 Å². The predicted molar refractivity (Wildman–Crippen MR) is 77.2 cm³/mol. The van der Waals surface area contributed by atoms with Gasteiger partial charge in [0.25, 0.3) is 0 Å². The molecule has 0 fully saturated rings. The third kappa shape index (κ3) is 3.35. The van der Waals surface area contributed by atoms with Gasteiger partial charge in [0.15, 0.2) is 0 Å². The quantitative estimate of drug-likeness (QED) is 0.858. The van der Waals surface area contributed by atoms with Crippen molar-refractivity contribution in [3.63, 3.8) is 0 Å². The predicted octanol–water partition coefficient (Wildman–Crippen LogP) is 4.25. The Morgan fingerprint density at radius 1 is 1.05 bits per heavy atom. The van der Waals surface area contributed by atoms with Crippen molar-refractivity contribution >= 4 is 17.3 Å². The van der Waals surface area contributed by atoms with E-state index in [2.05, 4.69) is 31.3 Å². The molecule has 19 heavy (non-hydrogen) atoms. The number of anilines is 2. The molecule has 0 atom stereocenters. The van der Waals surface area contributed by atoms with Gasteiger partial charge in [-0.05, 0) is 41.8 Å². The Hall–Kier alpha value is -2.29. The van der Waals surface area contributed by atoms with Crippen LogP contribution >= 0.6 is 0 Å². The fraction of sp³-hybridized carbons (Fsp3) is 0.188. The van der Waals surface area contributed by atoms with Crippen LogP contribution in [-0.2, 0) is 0 Å². The number of carboxylic acid groups (broad SMARTS) is 1. The molecule has 0 aliphatic carbocycles. The van der Waals surface area contributed by atoms with Crippen LogP contribution in [-0.4, -0.2) is 11.1 Å². The summed E-state index contributed by atoms with van der Waals surface area (Å²) in [5, 5.41) is 12.2. The van der Waals surface area contributed by atoms with Gasteiger partial charge in [-0.1, -0.05) is 32.0 Å². The average Bonchev–Trinajstić information content (AvgIpc) is 2.39. The molecule has 2 N–H and O–H groups in total. The number of carbonyl (C=O) groups is 1. The maximum atomic E-state index is 10.9. The average molecular weight is 255 g/mol. The zero-order valence-corrected chi connectivity index (χ0v) is 11.1. The first-order valence-electron chi connectivity index (χ1n) is 6.26. The van der Waals surface area contributed by atoms with Crippen LogP contribution in [0.2, 0.25) is 0 Å². The van der Waals surface area contributed by atoms with E-state index in [-0.39, 0.29) is 5.56 Å². The SMILES string of the molecule is CC(C)c1cccc(Nc2cccc(C(=O)O)c2)c1. The maximum Gasteiger partial charge on any atom is 0.335 e. The largest absolute Gasteiger partial charge is 0.478 e. The molecule has 98 valence electrons. The minimum atomic E-state index is -0.917. The summed E-state index contributed by atoms with van der Waals surface area (Å²) in [6.07, 6.45) is 0. The molecule has 3 nitrogen and oxygen atoms in total. The Labute approximate surface area is 112 Å². The lowest BCUT2D eigenvalue weighted by Gasteiger charge is -2.10. The molecule has 0 heterocycles. The second-order valence-electron chi connectivity index (χ2n) is 4.79. The molecule has 0 aliphatic heterocycles. The van der Waals surface area contributed by atoms with Crippen LogP contribution in [0.25, 0.3) is 0 Å². The molecule has 0 bridgehead atoms. The van der Waals surface area contributed by atoms with Gasteiger partial charge in [-0.25, -0.2) is 4.79 Å². The monoisotopic (exact) mass is 255 g/mol. The first-order chi connectivity index (χ1) is 9.06. The lowest BCUT2D eigenvalue weighted by atomic mass is 10.0. The summed E-state index contributed by atoms with van der Waals surface area (Å²) in [5.74, 6) is -0.452. The first kappa shape index (κ1) is 13.1. The molecule has 0 aromatic heterocycles. The van der Waals surface area contributed by atoms with Crippen LogP contribution in [0.15, 0.2) is 48.5 Å². The number of nitrogens with one attached hydrogen (secondary N) is 1. The Bertz CT molecular complexity index is 591. The molecular weight excluding hydrogens is 238 g/mol. The van der Waals surface area contributed by atoms with Crippen LogP contribution in [0.4, 0.5) is 11.4 Å². The zero-order valence-electron chi connectivity index (χ0n) is 11.1. The second-order valence-corrected chi connectivity index (χ2v) is 4.79. The molecule has 0 saturated heterocycles. The van der Waals surface area contributed by atoms with E-state index in [1.807, 2.05) is 18.2 Å². The van der Waals surface area contributed by atoms with Gasteiger partial charge < -0.3 is 10.4 Å². The Kier molecular flexibility index (Phi) is 3.85. The lowest BCUT2D eigenvalue weighted by molar-refractivity contribution is 0.0697. The van der Waals surface area contributed by atoms with Gasteiger partial charge >= 0.3 is 5.97 Å². The highest BCUT2D eigenvalue weighted by Crippen LogP contribution is 2.22. The molecule has 3 heteroatoms. The summed E-state index contributed by atoms with van der Waals surface area (Å²) < 4.78 is 0. The second kappa shape index (κ2) is 5.57. The molecule has 2 aromatic carbocycles. The number of benzene rings is 2. The summed E-state index contributed by atoms with van der Waals surface area (Å²) in [4.78, 5) is 10.9. The van der Waals surface area contributed by atoms with E-state index < -0.39 is 5.97 Å². The van der Waals surface area contributed by atoms with Crippen molar-refractivity contribution in [2.75, 3.05) is 5.32 Å². The van der Waals surface area contributed by atoms with Crippen LogP contribution in [0.5, 0.6) is 0 Å². The summed E-state index contributed by atoms with van der Waals surface area (Å²) in [7, 11) is 0. The summed E-state index contributed by atoms with van der Waals surface area (Å²) in [6.45, 7) is 4.29. The molecule has 0 saturated carbocycles. The smallest absolute Gasteiger partial charge is 0.335 e. The van der Waals surface area contributed by atoms with Gasteiger partial charge in [0, 0.05) is 11.4 Å². The minimum absolute atomic E-state index is 0.282. The van der Waals surface area contributed by atoms with E-state index in [4.69, 9.17) is 5.11 Å². The Morgan fingerprint density at radius 2 is 1.68 bits per heavy atom. The van der Waals surface area contributed by atoms with Gasteiger partial charge in [-0.3, -0.25) is 0 Å². The zero-order chi connectivity index (χ0) is 13.8. The molecule has 2 rings (SSSR count). The van der Waals surface area contributed by atoms with E-state index in [0.717, 1.165) is 11.4 Å². The fourth-order valence-corrected chi connectivity index (χ4v) is 1.87. The number of carboxylic acids is 1. The lowest BCUT2D eigenvalue weighted by Crippen LogP contribution is -1.98. The number of rotatable bonds is 4. The van der Waals surface area contributed by atoms with Gasteiger partial charge in [-0.15, -0.1) is 0 Å². The fourth-order valence-electron chi connectivity index (χ4n) is 1.87. The van der Waals surface area contributed by atoms with E-state index in [0.29, 0.717) is 5.92 Å². The van der Waals surface area contributed by atoms with E-state index in [1.54, 1.807) is 18.2 Å². The van der Waals surface area contributed by atoms with Crippen molar-refractivity contribution in [2.24, 2.45) is 0 Å². The van der Waals surface area contributed by atoms with Crippen molar-refractivity contribution in [1.82, 2.24) is 0 Å². The Morgan fingerprint density at radius 3 is 2.32 bits per heavy atom. The number of hydrogen-bond donors (Lipinski definition) is 2. The van der Waals surface area contributed by atoms with Gasteiger partial charge in [0.1, 0.15) is 0 Å². The van der Waals surface area contributed by atoms with Crippen molar-refractivity contribution in [2.45, 2.75) is 19.8 Å². The normalized spacial score (nSPS) is 10.5. The molecular formula is C16H17NO2. The third-order valence-electron chi connectivity index (χ3n) is 2.95. The standard InChI is InChI=1S/C16H17NO2/c1-11(2)12-5-3-7-14(9-12)17-15-8-4-6-13(10-15)16(18)19/h3-11,17H,1-2H3,(H,18,19). The topological polar surface area (TPSA) is 49.3 Å². The van der Waals surface area contributed by atoms with E-state index >= 15 is 0 Å². The highest BCUT2D eigenvalue weighted by molar-refractivity contribution is 5.89. The van der Waals surface area contributed by atoms with Gasteiger partial charge in [0.05, 0.1) is 5.56 Å². The third-order valence-corrected chi connectivity index (χ3v) is 2.95. The highest BCUT2D eigenvalue weighted by Gasteiger charge is 2.04. The van der Waals surface area contributed by atoms with Crippen LogP contribution in [0.3, 0.4) is 0 Å². The van der Waals surface area contributed by atoms with Crippen LogP contribution in [0.1, 0.15) is 35.7 Å². The molecule has 0 spiro atoms. The summed E-state index contributed by atoms with van der Waals surface area (Å²) in [6, 6.07) is 14.9. The molecule has 2 aromatic rings. The molecule has 0 amide bonds. The van der Waals surface area contributed by atoms with Gasteiger partial charge in [-0.2, -0.15) is 0 Å². The van der Waals surface area contributed by atoms with Crippen molar-refractivity contribution in [3.8, 4) is 0 Å². The van der Waals surface area contributed by atoms with E-state index in [9.17, 15) is 4.79 Å². The maximum absolute atomic E-state index is 10.9. The highest BCUT2D eigenvalue weighted by atomic mass is 16.4. The first-order valence-corrected chi connectivity index (χ1v) is 6.26. The molecule has 0 radical (unpaired) electrons. The number of aromatic carboxylic acids is 1. The Balaban J connectivity index is 2.23. The molecule has 0 aliphatic rings. The van der Waals surface area contributed by atoms with Crippen LogP contribution in [0, 0.1) is 0 Å². The summed E-state index contributed by atoms with van der Waals surface area (Å²) in [5.41, 5.74) is 3.28. The van der Waals surface area contributed by atoms with Crippen molar-refractivity contribution in [1.29, 1.82) is 0 Å². The van der Waals surface area contributed by atoms with Crippen molar-refractivity contribution < 1.29 is 9.90 Å². The molecule has 0 unspecified atom stereocenters. The number of hydrogen-bond acceptors (Lipinski definition) is 2.